The topological polar surface area (TPSA) is 113 Å². The summed E-state index contributed by atoms with van der Waals surface area (Å²) in [5, 5.41) is 11.6. The summed E-state index contributed by atoms with van der Waals surface area (Å²) < 4.78 is 36.5. The van der Waals surface area contributed by atoms with Crippen molar-refractivity contribution in [3.8, 4) is 0 Å². The maximum Gasteiger partial charge on any atom is 0.238 e. The van der Waals surface area contributed by atoms with E-state index in [1.807, 2.05) is 4.90 Å². The quantitative estimate of drug-likeness (QED) is 0.500. The van der Waals surface area contributed by atoms with E-state index in [-0.39, 0.29) is 16.8 Å². The van der Waals surface area contributed by atoms with Crippen molar-refractivity contribution >= 4 is 21.8 Å². The number of halogens is 1. The minimum absolute atomic E-state index is 0.0755. The number of primary sulfonamides is 1. The summed E-state index contributed by atoms with van der Waals surface area (Å²) in [4.78, 5) is 10.3. The van der Waals surface area contributed by atoms with E-state index in [4.69, 9.17) is 5.14 Å². The molecule has 0 saturated carbocycles. The number of anilines is 1. The molecule has 0 bridgehead atoms. The molecule has 2 heterocycles. The SMILES string of the molecule is CN=C(NCc1ccc(S(N)(=O)=O)cc1)NC1CCN(c2ncccc2F)C1. The van der Waals surface area contributed by atoms with Crippen molar-refractivity contribution in [2.45, 2.75) is 23.9 Å². The number of sulfonamides is 1. The van der Waals surface area contributed by atoms with E-state index >= 15 is 0 Å². The average Bonchev–Trinajstić information content (AvgIpc) is 3.13. The van der Waals surface area contributed by atoms with Crippen molar-refractivity contribution < 1.29 is 12.8 Å². The number of hydrogen-bond acceptors (Lipinski definition) is 5. The van der Waals surface area contributed by atoms with Crippen LogP contribution in [0, 0.1) is 5.82 Å². The van der Waals surface area contributed by atoms with Gasteiger partial charge in [0, 0.05) is 38.9 Å². The van der Waals surface area contributed by atoms with Crippen LogP contribution < -0.4 is 20.7 Å². The van der Waals surface area contributed by atoms with Gasteiger partial charge in [0.25, 0.3) is 0 Å². The summed E-state index contributed by atoms with van der Waals surface area (Å²) in [7, 11) is -2.02. The van der Waals surface area contributed by atoms with Crippen LogP contribution in [0.25, 0.3) is 0 Å². The predicted molar refractivity (Wildman–Crippen MR) is 106 cm³/mol. The molecule has 1 aliphatic heterocycles. The highest BCUT2D eigenvalue weighted by atomic mass is 32.2. The molecule has 1 fully saturated rings. The molecule has 0 amide bonds. The lowest BCUT2D eigenvalue weighted by atomic mass is 10.2. The second kappa shape index (κ2) is 8.53. The Morgan fingerprint density at radius 2 is 2.11 bits per heavy atom. The van der Waals surface area contributed by atoms with Gasteiger partial charge >= 0.3 is 0 Å². The molecule has 28 heavy (non-hydrogen) atoms. The number of nitrogens with one attached hydrogen (secondary N) is 2. The van der Waals surface area contributed by atoms with Gasteiger partial charge in [-0.1, -0.05) is 12.1 Å². The highest BCUT2D eigenvalue weighted by molar-refractivity contribution is 7.89. The second-order valence-electron chi connectivity index (χ2n) is 6.50. The Bertz CT molecular complexity index is 949. The number of guanidine groups is 1. The van der Waals surface area contributed by atoms with Crippen LogP contribution in [0.1, 0.15) is 12.0 Å². The normalized spacial score (nSPS) is 17.6. The first-order valence-electron chi connectivity index (χ1n) is 8.81. The first-order valence-corrected chi connectivity index (χ1v) is 10.4. The lowest BCUT2D eigenvalue weighted by molar-refractivity contribution is 0.597. The zero-order valence-corrected chi connectivity index (χ0v) is 16.3. The zero-order chi connectivity index (χ0) is 20.1. The number of rotatable bonds is 5. The van der Waals surface area contributed by atoms with Crippen LogP contribution >= 0.6 is 0 Å². The Kier molecular flexibility index (Phi) is 6.10. The maximum absolute atomic E-state index is 13.9. The summed E-state index contributed by atoms with van der Waals surface area (Å²) in [6.45, 7) is 1.80. The van der Waals surface area contributed by atoms with Crippen LogP contribution in [0.3, 0.4) is 0 Å². The summed E-state index contributed by atoms with van der Waals surface area (Å²) in [5.74, 6) is 0.655. The number of nitrogens with zero attached hydrogens (tertiary/aromatic N) is 3. The third-order valence-electron chi connectivity index (χ3n) is 4.50. The lowest BCUT2D eigenvalue weighted by Gasteiger charge is -2.20. The van der Waals surface area contributed by atoms with E-state index in [2.05, 4.69) is 20.6 Å². The molecule has 4 N–H and O–H groups in total. The number of hydrogen-bond donors (Lipinski definition) is 3. The number of aromatic nitrogens is 1. The molecule has 1 unspecified atom stereocenters. The Morgan fingerprint density at radius 3 is 2.75 bits per heavy atom. The van der Waals surface area contributed by atoms with E-state index in [1.165, 1.54) is 18.2 Å². The van der Waals surface area contributed by atoms with E-state index in [9.17, 15) is 12.8 Å². The molecule has 1 saturated heterocycles. The molecule has 1 aliphatic rings. The third kappa shape index (κ3) is 4.96. The van der Waals surface area contributed by atoms with Crippen molar-refractivity contribution in [3.63, 3.8) is 0 Å². The maximum atomic E-state index is 13.9. The van der Waals surface area contributed by atoms with Gasteiger partial charge in [-0.25, -0.2) is 22.9 Å². The molecule has 10 heteroatoms. The van der Waals surface area contributed by atoms with E-state index in [0.717, 1.165) is 12.0 Å². The Labute approximate surface area is 163 Å². The number of aliphatic imine (C=N–C) groups is 1. The molecular weight excluding hydrogens is 383 g/mol. The Hall–Kier alpha value is -2.72. The predicted octanol–water partition coefficient (Wildman–Crippen LogP) is 0.812. The van der Waals surface area contributed by atoms with Crippen molar-refractivity contribution in [1.82, 2.24) is 15.6 Å². The van der Waals surface area contributed by atoms with Gasteiger partial charge in [-0.2, -0.15) is 0 Å². The lowest BCUT2D eigenvalue weighted by Crippen LogP contribution is -2.44. The number of pyridine rings is 1. The summed E-state index contributed by atoms with van der Waals surface area (Å²) in [6.07, 6.45) is 2.42. The molecule has 2 aromatic rings. The van der Waals surface area contributed by atoms with Gasteiger partial charge in [0.2, 0.25) is 10.0 Å². The van der Waals surface area contributed by atoms with Gasteiger partial charge in [-0.05, 0) is 36.2 Å². The molecule has 0 spiro atoms. The van der Waals surface area contributed by atoms with Gasteiger partial charge < -0.3 is 15.5 Å². The average molecular weight is 406 g/mol. The molecular formula is C18H23FN6O2S. The molecule has 8 nitrogen and oxygen atoms in total. The van der Waals surface area contributed by atoms with Crippen LogP contribution in [0.15, 0.2) is 52.5 Å². The fraction of sp³-hybridized carbons (Fsp3) is 0.333. The van der Waals surface area contributed by atoms with Crippen LogP contribution in [0.5, 0.6) is 0 Å². The Balaban J connectivity index is 1.53. The third-order valence-corrected chi connectivity index (χ3v) is 5.43. The van der Waals surface area contributed by atoms with Crippen LogP contribution in [0.4, 0.5) is 10.2 Å². The highest BCUT2D eigenvalue weighted by Crippen LogP contribution is 2.20. The molecule has 0 radical (unpaired) electrons. The van der Waals surface area contributed by atoms with Gasteiger partial charge in [0.15, 0.2) is 17.6 Å². The monoisotopic (exact) mass is 406 g/mol. The second-order valence-corrected chi connectivity index (χ2v) is 8.06. The molecule has 0 aliphatic carbocycles. The fourth-order valence-electron chi connectivity index (χ4n) is 3.05. The fourth-order valence-corrected chi connectivity index (χ4v) is 3.57. The first-order chi connectivity index (χ1) is 13.4. The first kappa shape index (κ1) is 20.0. The van der Waals surface area contributed by atoms with Crippen molar-refractivity contribution in [1.29, 1.82) is 0 Å². The number of nitrogens with two attached hydrogens (primary N) is 1. The van der Waals surface area contributed by atoms with Crippen molar-refractivity contribution in [2.24, 2.45) is 10.1 Å². The minimum atomic E-state index is -3.70. The summed E-state index contributed by atoms with van der Waals surface area (Å²) >= 11 is 0. The number of benzene rings is 1. The van der Waals surface area contributed by atoms with Crippen LogP contribution in [0.2, 0.25) is 0 Å². The van der Waals surface area contributed by atoms with Gasteiger partial charge in [0.1, 0.15) is 0 Å². The smallest absolute Gasteiger partial charge is 0.238 e. The zero-order valence-electron chi connectivity index (χ0n) is 15.5. The molecule has 3 rings (SSSR count). The van der Waals surface area contributed by atoms with Gasteiger partial charge in [-0.15, -0.1) is 0 Å². The summed E-state index contributed by atoms with van der Waals surface area (Å²) in [6, 6.07) is 9.42. The molecule has 1 aromatic heterocycles. The Morgan fingerprint density at radius 1 is 1.36 bits per heavy atom. The van der Waals surface area contributed by atoms with Crippen molar-refractivity contribution in [2.75, 3.05) is 25.0 Å². The molecule has 150 valence electrons. The van der Waals surface area contributed by atoms with Gasteiger partial charge in [-0.3, -0.25) is 4.99 Å². The standard InChI is InChI=1S/C18H23FN6O2S/c1-21-18(23-11-13-4-6-15(7-5-13)28(20,26)27)24-14-8-10-25(12-14)17-16(19)3-2-9-22-17/h2-7,9,14H,8,10-12H2,1H3,(H2,20,26,27)(H2,21,23,24). The van der Waals surface area contributed by atoms with E-state index in [0.29, 0.717) is 31.4 Å². The van der Waals surface area contributed by atoms with Crippen molar-refractivity contribution in [3.05, 3.63) is 54.0 Å². The van der Waals surface area contributed by atoms with Gasteiger partial charge in [0.05, 0.1) is 4.90 Å². The minimum Gasteiger partial charge on any atom is -0.352 e. The molecule has 1 atom stereocenters. The van der Waals surface area contributed by atoms with E-state index in [1.54, 1.807) is 31.4 Å². The largest absolute Gasteiger partial charge is 0.352 e. The molecule has 1 aromatic carbocycles. The van der Waals surface area contributed by atoms with Crippen LogP contribution in [-0.2, 0) is 16.6 Å². The van der Waals surface area contributed by atoms with Crippen LogP contribution in [-0.4, -0.2) is 45.5 Å². The van der Waals surface area contributed by atoms with E-state index < -0.39 is 10.0 Å². The summed E-state index contributed by atoms with van der Waals surface area (Å²) in [5.41, 5.74) is 0.888. The highest BCUT2D eigenvalue weighted by Gasteiger charge is 2.25.